The number of likely N-dealkylation sites (tertiary alicyclic amines) is 1. The fourth-order valence-corrected chi connectivity index (χ4v) is 2.98. The maximum absolute atomic E-state index is 12.1. The normalized spacial score (nSPS) is 17.3. The molecule has 0 aromatic heterocycles. The van der Waals surface area contributed by atoms with Crippen LogP contribution in [0, 0.1) is 5.92 Å². The van der Waals surface area contributed by atoms with Gasteiger partial charge in [0.2, 0.25) is 0 Å². The van der Waals surface area contributed by atoms with E-state index in [0.717, 1.165) is 18.4 Å². The average Bonchev–Trinajstić information content (AvgIpc) is 2.62. The number of rotatable bonds is 7. The Morgan fingerprint density at radius 2 is 1.93 bits per heavy atom. The lowest BCUT2D eigenvalue weighted by atomic mass is 9.96. The summed E-state index contributed by atoms with van der Waals surface area (Å²) >= 11 is 0. The monoisotopic (exact) mass is 375 g/mol. The van der Waals surface area contributed by atoms with Gasteiger partial charge in [0.15, 0.2) is 0 Å². The fraction of sp³-hybridized carbons (Fsp3) is 0.591. The molecule has 2 rings (SSSR count). The van der Waals surface area contributed by atoms with Crippen molar-refractivity contribution in [2.45, 2.75) is 58.3 Å². The molecule has 0 saturated carbocycles. The molecule has 0 bridgehead atoms. The maximum Gasteiger partial charge on any atom is 0.410 e. The van der Waals surface area contributed by atoms with Gasteiger partial charge >= 0.3 is 6.09 Å². The third-order valence-corrected chi connectivity index (χ3v) is 4.43. The second kappa shape index (κ2) is 10.5. The highest BCUT2D eigenvalue weighted by Crippen LogP contribution is 2.21. The van der Waals surface area contributed by atoms with Gasteiger partial charge in [-0.15, -0.1) is 0 Å². The van der Waals surface area contributed by atoms with Crippen LogP contribution in [0.15, 0.2) is 42.5 Å². The summed E-state index contributed by atoms with van der Waals surface area (Å²) in [7, 11) is 0. The van der Waals surface area contributed by atoms with E-state index in [0.29, 0.717) is 38.6 Å². The van der Waals surface area contributed by atoms with Crippen molar-refractivity contribution < 1.29 is 19.4 Å². The number of hydrogen-bond acceptors (Lipinski definition) is 4. The van der Waals surface area contributed by atoms with Gasteiger partial charge in [-0.2, -0.15) is 0 Å². The first kappa shape index (κ1) is 21.5. The highest BCUT2D eigenvalue weighted by atomic mass is 16.6. The van der Waals surface area contributed by atoms with Gasteiger partial charge in [-0.05, 0) is 51.5 Å². The average molecular weight is 376 g/mol. The molecule has 1 amide bonds. The second-order valence-corrected chi connectivity index (χ2v) is 8.12. The summed E-state index contributed by atoms with van der Waals surface area (Å²) in [6, 6.07) is 9.95. The molecule has 0 aliphatic carbocycles. The number of ether oxygens (including phenoxy) is 2. The number of carbonyl (C=O) groups is 1. The van der Waals surface area contributed by atoms with E-state index in [-0.39, 0.29) is 6.09 Å². The summed E-state index contributed by atoms with van der Waals surface area (Å²) in [6.07, 6.45) is 5.91. The van der Waals surface area contributed by atoms with Gasteiger partial charge in [0.1, 0.15) is 5.60 Å². The Hall–Kier alpha value is -1.85. The predicted molar refractivity (Wildman–Crippen MR) is 106 cm³/mol. The molecule has 1 aliphatic rings. The molecule has 1 N–H and O–H groups in total. The molecule has 0 unspecified atom stereocenters. The maximum atomic E-state index is 12.1. The van der Waals surface area contributed by atoms with E-state index < -0.39 is 11.7 Å². The van der Waals surface area contributed by atoms with Crippen molar-refractivity contribution in [1.29, 1.82) is 0 Å². The van der Waals surface area contributed by atoms with Gasteiger partial charge in [0, 0.05) is 13.1 Å². The SMILES string of the molecule is CC(C)(C)OC(=O)N1CCC(/C=C\C[C@@H](O)COCc2ccccc2)CC1. The molecular weight excluding hydrogens is 342 g/mol. The van der Waals surface area contributed by atoms with Gasteiger partial charge in [-0.25, -0.2) is 4.79 Å². The summed E-state index contributed by atoms with van der Waals surface area (Å²) in [5.74, 6) is 0.445. The molecule has 1 atom stereocenters. The van der Waals surface area contributed by atoms with Crippen LogP contribution in [0.5, 0.6) is 0 Å². The van der Waals surface area contributed by atoms with Crippen LogP contribution < -0.4 is 0 Å². The van der Waals surface area contributed by atoms with Gasteiger partial charge < -0.3 is 19.5 Å². The number of aliphatic hydroxyl groups is 1. The van der Waals surface area contributed by atoms with Crippen molar-refractivity contribution in [3.63, 3.8) is 0 Å². The fourth-order valence-electron chi connectivity index (χ4n) is 2.98. The van der Waals surface area contributed by atoms with E-state index in [4.69, 9.17) is 9.47 Å². The molecule has 0 radical (unpaired) electrons. The first-order chi connectivity index (χ1) is 12.8. The highest BCUT2D eigenvalue weighted by Gasteiger charge is 2.25. The Morgan fingerprint density at radius 3 is 2.56 bits per heavy atom. The van der Waals surface area contributed by atoms with Crippen LogP contribution in [-0.4, -0.2) is 47.5 Å². The van der Waals surface area contributed by atoms with Gasteiger partial charge in [0.05, 0.1) is 19.3 Å². The number of benzene rings is 1. The number of piperidine rings is 1. The molecule has 1 aromatic rings. The molecule has 1 aromatic carbocycles. The lowest BCUT2D eigenvalue weighted by molar-refractivity contribution is 0.0197. The molecule has 27 heavy (non-hydrogen) atoms. The van der Waals surface area contributed by atoms with Crippen LogP contribution in [0.25, 0.3) is 0 Å². The van der Waals surface area contributed by atoms with Gasteiger partial charge in [0.25, 0.3) is 0 Å². The summed E-state index contributed by atoms with van der Waals surface area (Å²) in [5.41, 5.74) is 0.656. The topological polar surface area (TPSA) is 59.0 Å². The zero-order valence-electron chi connectivity index (χ0n) is 16.8. The van der Waals surface area contributed by atoms with Crippen LogP contribution in [0.3, 0.4) is 0 Å². The Morgan fingerprint density at radius 1 is 1.26 bits per heavy atom. The van der Waals surface area contributed by atoms with Gasteiger partial charge in [-0.1, -0.05) is 42.5 Å². The van der Waals surface area contributed by atoms with Crippen LogP contribution in [0.1, 0.15) is 45.6 Å². The number of allylic oxidation sites excluding steroid dienone is 1. The van der Waals surface area contributed by atoms with Crippen molar-refractivity contribution in [3.05, 3.63) is 48.0 Å². The Kier molecular flexibility index (Phi) is 8.32. The minimum atomic E-state index is -0.494. The van der Waals surface area contributed by atoms with Crippen molar-refractivity contribution in [3.8, 4) is 0 Å². The van der Waals surface area contributed by atoms with E-state index in [1.807, 2.05) is 57.2 Å². The summed E-state index contributed by atoms with van der Waals surface area (Å²) in [5, 5.41) is 10.0. The zero-order valence-corrected chi connectivity index (χ0v) is 16.8. The number of amides is 1. The Labute approximate surface area is 163 Å². The summed E-state index contributed by atoms with van der Waals surface area (Å²) in [4.78, 5) is 13.8. The van der Waals surface area contributed by atoms with Crippen molar-refractivity contribution in [2.24, 2.45) is 5.92 Å². The molecule has 0 spiro atoms. The molecule has 150 valence electrons. The standard InChI is InChI=1S/C22H33NO4/c1-22(2,3)27-21(25)23-14-12-18(13-15-23)10-7-11-20(24)17-26-16-19-8-5-4-6-9-19/h4-10,18,20,24H,11-17H2,1-3H3/b10-7-/t20-/m1/s1. The number of nitrogens with zero attached hydrogens (tertiary/aromatic N) is 1. The lowest BCUT2D eigenvalue weighted by Gasteiger charge is -2.32. The Balaban J connectivity index is 1.60. The Bertz CT molecular complexity index is 586. The minimum absolute atomic E-state index is 0.226. The lowest BCUT2D eigenvalue weighted by Crippen LogP contribution is -2.41. The van der Waals surface area contributed by atoms with E-state index in [1.54, 1.807) is 4.90 Å². The number of hydrogen-bond donors (Lipinski definition) is 1. The summed E-state index contributed by atoms with van der Waals surface area (Å²) in [6.45, 7) is 7.93. The number of carbonyl (C=O) groups excluding carboxylic acids is 1. The quantitative estimate of drug-likeness (QED) is 0.727. The van der Waals surface area contributed by atoms with Crippen molar-refractivity contribution >= 4 is 6.09 Å². The molecule has 1 heterocycles. The first-order valence-corrected chi connectivity index (χ1v) is 9.78. The predicted octanol–water partition coefficient (Wildman–Crippen LogP) is 4.16. The van der Waals surface area contributed by atoms with Crippen molar-refractivity contribution in [2.75, 3.05) is 19.7 Å². The smallest absolute Gasteiger partial charge is 0.410 e. The highest BCUT2D eigenvalue weighted by molar-refractivity contribution is 5.68. The molecule has 5 heteroatoms. The largest absolute Gasteiger partial charge is 0.444 e. The molecule has 1 saturated heterocycles. The van der Waals surface area contributed by atoms with Crippen LogP contribution >= 0.6 is 0 Å². The van der Waals surface area contributed by atoms with E-state index in [9.17, 15) is 9.90 Å². The van der Waals surface area contributed by atoms with Crippen LogP contribution in [-0.2, 0) is 16.1 Å². The molecule has 1 fully saturated rings. The third kappa shape index (κ3) is 8.59. The molecular formula is C22H33NO4. The third-order valence-electron chi connectivity index (χ3n) is 4.43. The van der Waals surface area contributed by atoms with Crippen LogP contribution in [0.2, 0.25) is 0 Å². The zero-order chi connectivity index (χ0) is 19.7. The van der Waals surface area contributed by atoms with E-state index >= 15 is 0 Å². The molecule has 5 nitrogen and oxygen atoms in total. The number of aliphatic hydroxyl groups excluding tert-OH is 1. The first-order valence-electron chi connectivity index (χ1n) is 9.78. The van der Waals surface area contributed by atoms with E-state index in [1.165, 1.54) is 0 Å². The van der Waals surface area contributed by atoms with Crippen LogP contribution in [0.4, 0.5) is 4.79 Å². The van der Waals surface area contributed by atoms with E-state index in [2.05, 4.69) is 6.08 Å². The minimum Gasteiger partial charge on any atom is -0.444 e. The summed E-state index contributed by atoms with van der Waals surface area (Å²) < 4.78 is 11.0. The molecule has 1 aliphatic heterocycles. The van der Waals surface area contributed by atoms with Gasteiger partial charge in [-0.3, -0.25) is 0 Å². The second-order valence-electron chi connectivity index (χ2n) is 8.12. The van der Waals surface area contributed by atoms with Crippen molar-refractivity contribution in [1.82, 2.24) is 4.90 Å².